The van der Waals surface area contributed by atoms with E-state index in [9.17, 15) is 4.79 Å². The third kappa shape index (κ3) is 3.56. The number of likely N-dealkylation sites (tertiary alicyclic amines) is 1. The Labute approximate surface area is 147 Å². The van der Waals surface area contributed by atoms with Crippen molar-refractivity contribution in [1.29, 1.82) is 0 Å². The summed E-state index contributed by atoms with van der Waals surface area (Å²) in [6.07, 6.45) is 6.85. The molecule has 1 saturated heterocycles. The van der Waals surface area contributed by atoms with Gasteiger partial charge < -0.3 is 14.2 Å². The number of nitrogens with zero attached hydrogens (tertiary/aromatic N) is 5. The fraction of sp³-hybridized carbons (Fsp3) is 0.556. The zero-order valence-electron chi connectivity index (χ0n) is 14.3. The van der Waals surface area contributed by atoms with Gasteiger partial charge >= 0.3 is 0 Å². The summed E-state index contributed by atoms with van der Waals surface area (Å²) in [5.41, 5.74) is 0.914. The summed E-state index contributed by atoms with van der Waals surface area (Å²) in [4.78, 5) is 19.0. The Morgan fingerprint density at radius 3 is 3.04 bits per heavy atom. The lowest BCUT2D eigenvalue weighted by Gasteiger charge is -2.32. The Morgan fingerprint density at radius 2 is 2.16 bits per heavy atom. The number of hydrogen-bond acceptors (Lipinski definition) is 5. The van der Waals surface area contributed by atoms with Gasteiger partial charge in [-0.15, -0.1) is 10.2 Å². The molecule has 25 heavy (non-hydrogen) atoms. The highest BCUT2D eigenvalue weighted by Crippen LogP contribution is 2.19. The average Bonchev–Trinajstić information content (AvgIpc) is 3.11. The van der Waals surface area contributed by atoms with Crippen LogP contribution in [0.15, 0.2) is 24.4 Å². The van der Waals surface area contributed by atoms with E-state index in [4.69, 9.17) is 4.74 Å². The van der Waals surface area contributed by atoms with Crippen LogP contribution in [0.25, 0.3) is 0 Å². The normalized spacial score (nSPS) is 20.3. The first kappa shape index (κ1) is 16.2. The van der Waals surface area contributed by atoms with Gasteiger partial charge in [0.15, 0.2) is 0 Å². The molecule has 1 fully saturated rings. The second kappa shape index (κ2) is 7.31. The number of fused-ring (bicyclic) bond motifs is 1. The predicted molar refractivity (Wildman–Crippen MR) is 90.9 cm³/mol. The van der Waals surface area contributed by atoms with Gasteiger partial charge in [-0.1, -0.05) is 6.07 Å². The molecule has 2 aromatic heterocycles. The average molecular weight is 341 g/mol. The van der Waals surface area contributed by atoms with Crippen molar-refractivity contribution in [2.45, 2.75) is 51.4 Å². The Bertz CT molecular complexity index is 730. The quantitative estimate of drug-likeness (QED) is 0.848. The van der Waals surface area contributed by atoms with Crippen LogP contribution >= 0.6 is 0 Å². The van der Waals surface area contributed by atoms with E-state index in [-0.39, 0.29) is 12.0 Å². The van der Waals surface area contributed by atoms with E-state index in [2.05, 4.69) is 15.2 Å². The molecule has 7 heteroatoms. The molecule has 2 aliphatic rings. The summed E-state index contributed by atoms with van der Waals surface area (Å²) in [6, 6.07) is 5.80. The first-order valence-electron chi connectivity index (χ1n) is 9.04. The van der Waals surface area contributed by atoms with Gasteiger partial charge in [-0.2, -0.15) is 0 Å². The minimum Gasteiger partial charge on any atom is -0.370 e. The number of ether oxygens (including phenoxy) is 1. The molecule has 2 aromatic rings. The molecule has 0 N–H and O–H groups in total. The van der Waals surface area contributed by atoms with Gasteiger partial charge in [-0.05, 0) is 37.8 Å². The number of pyridine rings is 1. The molecule has 2 aliphatic heterocycles. The second-order valence-electron chi connectivity index (χ2n) is 6.70. The number of carbonyl (C=O) groups excluding carboxylic acids is 1. The summed E-state index contributed by atoms with van der Waals surface area (Å²) < 4.78 is 7.97. The zero-order chi connectivity index (χ0) is 17.1. The molecule has 0 spiro atoms. The van der Waals surface area contributed by atoms with Crippen LogP contribution < -0.4 is 0 Å². The molecule has 0 radical (unpaired) electrons. The third-order valence-electron chi connectivity index (χ3n) is 4.91. The Balaban J connectivity index is 1.39. The van der Waals surface area contributed by atoms with Crippen LogP contribution in [0.3, 0.4) is 0 Å². The summed E-state index contributed by atoms with van der Waals surface area (Å²) in [6.45, 7) is 2.68. The number of rotatable bonds is 4. The molecule has 0 saturated carbocycles. The Hall–Kier alpha value is -2.28. The second-order valence-corrected chi connectivity index (χ2v) is 6.70. The topological polar surface area (TPSA) is 73.1 Å². The van der Waals surface area contributed by atoms with Crippen LogP contribution in [0.5, 0.6) is 0 Å². The van der Waals surface area contributed by atoms with E-state index in [1.54, 1.807) is 6.20 Å². The van der Waals surface area contributed by atoms with Gasteiger partial charge in [0.2, 0.25) is 5.82 Å². The summed E-state index contributed by atoms with van der Waals surface area (Å²) in [5.74, 6) is 1.40. The van der Waals surface area contributed by atoms with Crippen molar-refractivity contribution in [3.8, 4) is 0 Å². The van der Waals surface area contributed by atoms with Gasteiger partial charge in [0.05, 0.1) is 18.4 Å². The lowest BCUT2D eigenvalue weighted by Crippen LogP contribution is -2.44. The predicted octanol–water partition coefficient (Wildman–Crippen LogP) is 1.83. The van der Waals surface area contributed by atoms with Gasteiger partial charge in [0, 0.05) is 32.3 Å². The molecule has 0 bridgehead atoms. The van der Waals surface area contributed by atoms with Crippen molar-refractivity contribution in [2.75, 3.05) is 13.1 Å². The first-order chi connectivity index (χ1) is 12.3. The fourth-order valence-corrected chi connectivity index (χ4v) is 3.55. The Morgan fingerprint density at radius 1 is 1.20 bits per heavy atom. The lowest BCUT2D eigenvalue weighted by molar-refractivity contribution is -0.00833. The summed E-state index contributed by atoms with van der Waals surface area (Å²) in [5, 5.41) is 8.36. The van der Waals surface area contributed by atoms with Crippen LogP contribution in [0.2, 0.25) is 0 Å². The lowest BCUT2D eigenvalue weighted by atomic mass is 10.1. The van der Waals surface area contributed by atoms with Crippen molar-refractivity contribution in [1.82, 2.24) is 24.6 Å². The molecule has 4 rings (SSSR count). The van der Waals surface area contributed by atoms with Crippen molar-refractivity contribution in [3.63, 3.8) is 0 Å². The molecular formula is C18H23N5O2. The van der Waals surface area contributed by atoms with Gasteiger partial charge in [0.1, 0.15) is 5.82 Å². The van der Waals surface area contributed by atoms with Crippen LogP contribution in [0.4, 0.5) is 0 Å². The maximum Gasteiger partial charge on any atom is 0.291 e. The highest BCUT2D eigenvalue weighted by atomic mass is 16.5. The maximum absolute atomic E-state index is 12.9. The monoisotopic (exact) mass is 341 g/mol. The minimum atomic E-state index is -0.0215. The number of carbonyl (C=O) groups is 1. The van der Waals surface area contributed by atoms with E-state index < -0.39 is 0 Å². The molecule has 0 aliphatic carbocycles. The van der Waals surface area contributed by atoms with Crippen molar-refractivity contribution in [2.24, 2.45) is 0 Å². The third-order valence-corrected chi connectivity index (χ3v) is 4.91. The standard InChI is InChI=1S/C18H23N5O2/c24-18(17-21-20-16-8-2-4-11-23(16)17)22-10-5-7-15(12-22)25-13-14-6-1-3-9-19-14/h1,3,6,9,15H,2,4-5,7-8,10-13H2/t15-/m0/s1. The molecule has 4 heterocycles. The summed E-state index contributed by atoms with van der Waals surface area (Å²) >= 11 is 0. The summed E-state index contributed by atoms with van der Waals surface area (Å²) in [7, 11) is 0. The molecular weight excluding hydrogens is 318 g/mol. The Kier molecular flexibility index (Phi) is 4.74. The zero-order valence-corrected chi connectivity index (χ0v) is 14.3. The van der Waals surface area contributed by atoms with Crippen molar-refractivity contribution < 1.29 is 9.53 Å². The van der Waals surface area contributed by atoms with Gasteiger partial charge in [-0.25, -0.2) is 0 Å². The van der Waals surface area contributed by atoms with Crippen LogP contribution in [0.1, 0.15) is 47.8 Å². The largest absolute Gasteiger partial charge is 0.370 e. The fourth-order valence-electron chi connectivity index (χ4n) is 3.55. The van der Waals surface area contributed by atoms with E-state index in [1.165, 1.54) is 0 Å². The van der Waals surface area contributed by atoms with Crippen LogP contribution in [-0.4, -0.2) is 49.7 Å². The first-order valence-corrected chi connectivity index (χ1v) is 9.04. The molecule has 0 aromatic carbocycles. The smallest absolute Gasteiger partial charge is 0.291 e. The number of aryl methyl sites for hydroxylation is 1. The SMILES string of the molecule is O=C(c1nnc2n1CCCC2)N1CCC[C@H](OCc2ccccn2)C1. The highest BCUT2D eigenvalue weighted by molar-refractivity contribution is 5.90. The maximum atomic E-state index is 12.9. The van der Waals surface area contributed by atoms with E-state index in [0.717, 1.165) is 56.7 Å². The molecule has 1 atom stereocenters. The van der Waals surface area contributed by atoms with Crippen molar-refractivity contribution in [3.05, 3.63) is 41.7 Å². The number of piperidine rings is 1. The number of aromatic nitrogens is 4. The number of hydrogen-bond donors (Lipinski definition) is 0. The van der Waals surface area contributed by atoms with Gasteiger partial charge in [-0.3, -0.25) is 9.78 Å². The van der Waals surface area contributed by atoms with Gasteiger partial charge in [0.25, 0.3) is 5.91 Å². The van der Waals surface area contributed by atoms with Crippen molar-refractivity contribution >= 4 is 5.91 Å². The molecule has 1 amide bonds. The molecule has 7 nitrogen and oxygen atoms in total. The van der Waals surface area contributed by atoms with E-state index >= 15 is 0 Å². The molecule has 0 unspecified atom stereocenters. The van der Waals surface area contributed by atoms with E-state index in [1.807, 2.05) is 27.7 Å². The number of amides is 1. The highest BCUT2D eigenvalue weighted by Gasteiger charge is 2.29. The minimum absolute atomic E-state index is 0.0215. The van der Waals surface area contributed by atoms with Crippen LogP contribution in [0, 0.1) is 0 Å². The van der Waals surface area contributed by atoms with E-state index in [0.29, 0.717) is 19.0 Å². The van der Waals surface area contributed by atoms with Crippen LogP contribution in [-0.2, 0) is 24.3 Å². The molecule has 132 valence electrons.